The average Bonchev–Trinajstić information content (AvgIpc) is 2.08. The summed E-state index contributed by atoms with van der Waals surface area (Å²) in [7, 11) is -4.24. The van der Waals surface area contributed by atoms with Gasteiger partial charge in [0.1, 0.15) is 4.90 Å². The molecule has 16 heavy (non-hydrogen) atoms. The number of hydrogen-bond acceptors (Lipinski definition) is 3. The third-order valence-electron chi connectivity index (χ3n) is 1.98. The summed E-state index contributed by atoms with van der Waals surface area (Å²) in [4.78, 5) is -0.150. The van der Waals surface area contributed by atoms with E-state index in [1.165, 1.54) is 12.1 Å². The lowest BCUT2D eigenvalue weighted by Gasteiger charge is -2.14. The topological polar surface area (TPSA) is 66.4 Å². The van der Waals surface area contributed by atoms with Crippen molar-refractivity contribution in [3.05, 3.63) is 22.7 Å². The standard InChI is InChI=1S/C10H14ClNO3S/c1-6(2)12-9-5-8(11)7(3)4-10(9)16(13,14)15/h4-6,12H,1-3H3,(H,13,14,15). The van der Waals surface area contributed by atoms with E-state index in [4.69, 9.17) is 16.2 Å². The molecule has 0 aliphatic carbocycles. The van der Waals surface area contributed by atoms with Gasteiger partial charge in [-0.05, 0) is 38.5 Å². The number of hydrogen-bond donors (Lipinski definition) is 2. The molecule has 2 N–H and O–H groups in total. The van der Waals surface area contributed by atoms with Crippen molar-refractivity contribution in [1.82, 2.24) is 0 Å². The molecule has 0 aromatic heterocycles. The van der Waals surface area contributed by atoms with Crippen LogP contribution >= 0.6 is 11.6 Å². The van der Waals surface area contributed by atoms with Gasteiger partial charge in [-0.15, -0.1) is 0 Å². The van der Waals surface area contributed by atoms with Gasteiger partial charge in [-0.1, -0.05) is 11.6 Å². The zero-order valence-electron chi connectivity index (χ0n) is 9.28. The SMILES string of the molecule is Cc1cc(S(=O)(=O)O)c(NC(C)C)cc1Cl. The molecule has 0 heterocycles. The Balaban J connectivity index is 3.40. The molecule has 0 saturated heterocycles. The fourth-order valence-corrected chi connectivity index (χ4v) is 2.18. The van der Waals surface area contributed by atoms with Crippen molar-refractivity contribution >= 4 is 27.4 Å². The highest BCUT2D eigenvalue weighted by Crippen LogP contribution is 2.28. The van der Waals surface area contributed by atoms with Crippen molar-refractivity contribution in [3.63, 3.8) is 0 Å². The maximum atomic E-state index is 11.2. The minimum absolute atomic E-state index is 0.0410. The molecule has 0 saturated carbocycles. The van der Waals surface area contributed by atoms with Crippen molar-refractivity contribution in [3.8, 4) is 0 Å². The zero-order chi connectivity index (χ0) is 12.5. The fourth-order valence-electron chi connectivity index (χ4n) is 1.29. The molecule has 0 amide bonds. The highest BCUT2D eigenvalue weighted by molar-refractivity contribution is 7.86. The van der Waals surface area contributed by atoms with E-state index < -0.39 is 10.1 Å². The summed E-state index contributed by atoms with van der Waals surface area (Å²) in [6.45, 7) is 5.40. The van der Waals surface area contributed by atoms with Crippen LogP contribution in [0.1, 0.15) is 19.4 Å². The number of anilines is 1. The molecule has 0 bridgehead atoms. The van der Waals surface area contributed by atoms with E-state index in [0.29, 0.717) is 16.3 Å². The van der Waals surface area contributed by atoms with Crippen LogP contribution < -0.4 is 5.32 Å². The number of benzene rings is 1. The van der Waals surface area contributed by atoms with Crippen molar-refractivity contribution in [2.24, 2.45) is 0 Å². The number of nitrogens with one attached hydrogen (secondary N) is 1. The van der Waals surface area contributed by atoms with Crippen LogP contribution in [0, 0.1) is 6.92 Å². The van der Waals surface area contributed by atoms with Crippen LogP contribution in [0.4, 0.5) is 5.69 Å². The van der Waals surface area contributed by atoms with Crippen molar-refractivity contribution < 1.29 is 13.0 Å². The van der Waals surface area contributed by atoms with E-state index >= 15 is 0 Å². The van der Waals surface area contributed by atoms with E-state index in [1.807, 2.05) is 13.8 Å². The third kappa shape index (κ3) is 3.10. The number of halogens is 1. The van der Waals surface area contributed by atoms with Gasteiger partial charge in [0, 0.05) is 11.1 Å². The molecule has 1 rings (SSSR count). The first-order chi connectivity index (χ1) is 7.21. The fraction of sp³-hybridized carbons (Fsp3) is 0.400. The minimum Gasteiger partial charge on any atom is -0.382 e. The molecular weight excluding hydrogens is 250 g/mol. The van der Waals surface area contributed by atoms with Crippen molar-refractivity contribution in [2.75, 3.05) is 5.32 Å². The lowest BCUT2D eigenvalue weighted by atomic mass is 10.2. The Hall–Kier alpha value is -0.780. The Morgan fingerprint density at radius 3 is 2.38 bits per heavy atom. The Morgan fingerprint density at radius 2 is 1.94 bits per heavy atom. The average molecular weight is 264 g/mol. The van der Waals surface area contributed by atoms with Gasteiger partial charge in [0.2, 0.25) is 0 Å². The third-order valence-corrected chi connectivity index (χ3v) is 3.28. The van der Waals surface area contributed by atoms with Crippen LogP contribution in [0.5, 0.6) is 0 Å². The summed E-state index contributed by atoms with van der Waals surface area (Å²) in [5, 5.41) is 3.38. The van der Waals surface area contributed by atoms with Crippen LogP contribution in [0.15, 0.2) is 17.0 Å². The minimum atomic E-state index is -4.24. The van der Waals surface area contributed by atoms with Crippen LogP contribution in [-0.4, -0.2) is 19.0 Å². The van der Waals surface area contributed by atoms with E-state index in [2.05, 4.69) is 5.32 Å². The van der Waals surface area contributed by atoms with Gasteiger partial charge in [0.15, 0.2) is 0 Å². The molecule has 1 aromatic carbocycles. The first-order valence-electron chi connectivity index (χ1n) is 4.76. The lowest BCUT2D eigenvalue weighted by molar-refractivity contribution is 0.483. The molecule has 4 nitrogen and oxygen atoms in total. The van der Waals surface area contributed by atoms with E-state index in [9.17, 15) is 8.42 Å². The molecule has 90 valence electrons. The Morgan fingerprint density at radius 1 is 1.38 bits per heavy atom. The quantitative estimate of drug-likeness (QED) is 0.823. The summed E-state index contributed by atoms with van der Waals surface area (Å²) in [5.74, 6) is 0. The monoisotopic (exact) mass is 263 g/mol. The molecule has 0 spiro atoms. The second-order valence-electron chi connectivity index (χ2n) is 3.87. The van der Waals surface area contributed by atoms with Gasteiger partial charge in [-0.25, -0.2) is 0 Å². The van der Waals surface area contributed by atoms with Crippen molar-refractivity contribution in [1.29, 1.82) is 0 Å². The highest BCUT2D eigenvalue weighted by Gasteiger charge is 2.17. The first-order valence-corrected chi connectivity index (χ1v) is 6.58. The van der Waals surface area contributed by atoms with E-state index in [1.54, 1.807) is 6.92 Å². The molecule has 0 radical (unpaired) electrons. The lowest BCUT2D eigenvalue weighted by Crippen LogP contribution is -2.13. The van der Waals surface area contributed by atoms with Crippen LogP contribution in [-0.2, 0) is 10.1 Å². The zero-order valence-corrected chi connectivity index (χ0v) is 10.9. The Labute approximate surface area is 100 Å². The second kappa shape index (κ2) is 4.61. The maximum Gasteiger partial charge on any atom is 0.296 e. The van der Waals surface area contributed by atoms with E-state index in [0.717, 1.165) is 0 Å². The summed E-state index contributed by atoms with van der Waals surface area (Å²) >= 11 is 5.90. The van der Waals surface area contributed by atoms with E-state index in [-0.39, 0.29) is 10.9 Å². The molecule has 0 aliphatic rings. The van der Waals surface area contributed by atoms with Gasteiger partial charge in [-0.3, -0.25) is 4.55 Å². The van der Waals surface area contributed by atoms with Crippen LogP contribution in [0.2, 0.25) is 5.02 Å². The van der Waals surface area contributed by atoms with Crippen LogP contribution in [0.3, 0.4) is 0 Å². The summed E-state index contributed by atoms with van der Waals surface area (Å²) < 4.78 is 31.4. The molecule has 1 aromatic rings. The predicted molar refractivity (Wildman–Crippen MR) is 64.8 cm³/mol. The highest BCUT2D eigenvalue weighted by atomic mass is 35.5. The molecule has 0 fully saturated rings. The van der Waals surface area contributed by atoms with Gasteiger partial charge >= 0.3 is 0 Å². The molecule has 0 unspecified atom stereocenters. The summed E-state index contributed by atoms with van der Waals surface area (Å²) in [6.07, 6.45) is 0. The molecule has 0 aliphatic heterocycles. The predicted octanol–water partition coefficient (Wildman–Crippen LogP) is 2.72. The normalized spacial score (nSPS) is 11.9. The number of aryl methyl sites for hydroxylation is 1. The largest absolute Gasteiger partial charge is 0.382 e. The van der Waals surface area contributed by atoms with Crippen LogP contribution in [0.25, 0.3) is 0 Å². The van der Waals surface area contributed by atoms with Gasteiger partial charge in [0.25, 0.3) is 10.1 Å². The van der Waals surface area contributed by atoms with Crippen molar-refractivity contribution in [2.45, 2.75) is 31.7 Å². The first kappa shape index (κ1) is 13.3. The summed E-state index contributed by atoms with van der Waals surface area (Å²) in [5.41, 5.74) is 0.914. The van der Waals surface area contributed by atoms with Gasteiger partial charge in [-0.2, -0.15) is 8.42 Å². The molecule has 6 heteroatoms. The Kier molecular flexibility index (Phi) is 3.83. The van der Waals surface area contributed by atoms with Gasteiger partial charge in [0.05, 0.1) is 5.69 Å². The second-order valence-corrected chi connectivity index (χ2v) is 5.67. The smallest absolute Gasteiger partial charge is 0.296 e. The molecule has 0 atom stereocenters. The van der Waals surface area contributed by atoms with Gasteiger partial charge < -0.3 is 5.32 Å². The molecular formula is C10H14ClNO3S. The Bertz CT molecular complexity index is 497. The summed E-state index contributed by atoms with van der Waals surface area (Å²) in [6, 6.07) is 2.89. The maximum absolute atomic E-state index is 11.2. The number of rotatable bonds is 3.